The number of allylic oxidation sites excluding steroid dienone is 1. The fourth-order valence-electron chi connectivity index (χ4n) is 4.04. The van der Waals surface area contributed by atoms with Gasteiger partial charge in [-0.15, -0.1) is 11.3 Å². The Hall–Kier alpha value is -4.14. The van der Waals surface area contributed by atoms with E-state index in [2.05, 4.69) is 10.6 Å². The van der Waals surface area contributed by atoms with E-state index in [0.29, 0.717) is 15.3 Å². The molecule has 184 valence electrons. The molecule has 0 N–H and O–H groups in total. The molecular formula is C28H28N4O3S. The van der Waals surface area contributed by atoms with E-state index in [4.69, 9.17) is 4.74 Å². The van der Waals surface area contributed by atoms with Crippen molar-refractivity contribution in [2.45, 2.75) is 34.1 Å². The zero-order valence-corrected chi connectivity index (χ0v) is 22.1. The molecule has 1 aromatic carbocycles. The summed E-state index contributed by atoms with van der Waals surface area (Å²) in [6.07, 6.45) is 1.45. The van der Waals surface area contributed by atoms with Crippen LogP contribution in [0, 0.1) is 43.4 Å². The maximum atomic E-state index is 13.1. The highest BCUT2D eigenvalue weighted by atomic mass is 32.1. The molecule has 0 saturated carbocycles. The predicted molar refractivity (Wildman–Crippen MR) is 142 cm³/mol. The molecule has 8 heteroatoms. The average molecular weight is 501 g/mol. The SMILES string of the molecule is CCOC(=O)c1sc(CC(=O)/C(C#N)=C\c2cc(C)n(-c3ccc(N(C)C)cc3)c2C)c(C#N)c1C. The van der Waals surface area contributed by atoms with E-state index in [0.717, 1.165) is 39.7 Å². The van der Waals surface area contributed by atoms with Gasteiger partial charge in [-0.05, 0) is 75.2 Å². The Morgan fingerprint density at radius 3 is 2.36 bits per heavy atom. The first kappa shape index (κ1) is 26.5. The highest BCUT2D eigenvalue weighted by Gasteiger charge is 2.23. The summed E-state index contributed by atoms with van der Waals surface area (Å²) < 4.78 is 7.14. The molecule has 0 bridgehead atoms. The van der Waals surface area contributed by atoms with Crippen LogP contribution >= 0.6 is 11.3 Å². The maximum Gasteiger partial charge on any atom is 0.348 e. The molecule has 0 aliphatic heterocycles. The maximum absolute atomic E-state index is 13.1. The molecule has 2 heterocycles. The lowest BCUT2D eigenvalue weighted by Gasteiger charge is -2.14. The third-order valence-electron chi connectivity index (χ3n) is 5.93. The fourth-order valence-corrected chi connectivity index (χ4v) is 5.19. The third-order valence-corrected chi connectivity index (χ3v) is 7.20. The van der Waals surface area contributed by atoms with Gasteiger partial charge in [-0.1, -0.05) is 0 Å². The van der Waals surface area contributed by atoms with Gasteiger partial charge in [-0.3, -0.25) is 4.79 Å². The molecule has 3 aromatic rings. The number of ketones is 1. The van der Waals surface area contributed by atoms with Crippen molar-refractivity contribution in [2.24, 2.45) is 0 Å². The van der Waals surface area contributed by atoms with Gasteiger partial charge >= 0.3 is 5.97 Å². The largest absolute Gasteiger partial charge is 0.462 e. The van der Waals surface area contributed by atoms with Crippen LogP contribution in [0.15, 0.2) is 35.9 Å². The summed E-state index contributed by atoms with van der Waals surface area (Å²) in [5.41, 5.74) is 5.49. The first-order valence-electron chi connectivity index (χ1n) is 11.4. The molecule has 0 saturated heterocycles. The second-order valence-electron chi connectivity index (χ2n) is 8.53. The number of benzene rings is 1. The molecule has 0 radical (unpaired) electrons. The number of esters is 1. The van der Waals surface area contributed by atoms with Gasteiger partial charge in [0.05, 0.1) is 17.7 Å². The molecule has 0 spiro atoms. The molecular weight excluding hydrogens is 472 g/mol. The number of ether oxygens (including phenoxy) is 1. The van der Waals surface area contributed by atoms with Crippen LogP contribution < -0.4 is 4.90 Å². The number of anilines is 1. The number of aromatic nitrogens is 1. The molecule has 0 atom stereocenters. The number of carbonyl (C=O) groups excluding carboxylic acids is 2. The van der Waals surface area contributed by atoms with Crippen LogP contribution in [0.4, 0.5) is 5.69 Å². The van der Waals surface area contributed by atoms with E-state index in [-0.39, 0.29) is 24.2 Å². The van der Waals surface area contributed by atoms with Gasteiger partial charge in [0.15, 0.2) is 5.78 Å². The van der Waals surface area contributed by atoms with Crippen molar-refractivity contribution in [1.82, 2.24) is 4.57 Å². The van der Waals surface area contributed by atoms with E-state index in [1.807, 2.05) is 69.2 Å². The number of hydrogen-bond acceptors (Lipinski definition) is 7. The Balaban J connectivity index is 1.93. The third kappa shape index (κ3) is 5.25. The Labute approximate surface area is 215 Å². The van der Waals surface area contributed by atoms with Crippen LogP contribution in [0.3, 0.4) is 0 Å². The van der Waals surface area contributed by atoms with E-state index in [1.165, 1.54) is 0 Å². The quantitative estimate of drug-likeness (QED) is 0.236. The van der Waals surface area contributed by atoms with Gasteiger partial charge in [0.1, 0.15) is 17.0 Å². The van der Waals surface area contributed by atoms with Crippen LogP contribution in [0.25, 0.3) is 11.8 Å². The number of rotatable bonds is 8. The normalized spacial score (nSPS) is 11.1. The van der Waals surface area contributed by atoms with E-state index >= 15 is 0 Å². The predicted octanol–water partition coefficient (Wildman–Crippen LogP) is 5.30. The highest BCUT2D eigenvalue weighted by molar-refractivity contribution is 7.14. The topological polar surface area (TPSA) is 99.1 Å². The lowest BCUT2D eigenvalue weighted by molar-refractivity contribution is -0.114. The highest BCUT2D eigenvalue weighted by Crippen LogP contribution is 2.30. The van der Waals surface area contributed by atoms with Crippen LogP contribution in [0.2, 0.25) is 0 Å². The van der Waals surface area contributed by atoms with Crippen molar-refractivity contribution in [3.05, 3.63) is 73.7 Å². The number of carbonyl (C=O) groups is 2. The van der Waals surface area contributed by atoms with Gasteiger partial charge in [0.2, 0.25) is 0 Å². The molecule has 0 aliphatic carbocycles. The van der Waals surface area contributed by atoms with Crippen molar-refractivity contribution in [1.29, 1.82) is 10.5 Å². The molecule has 3 rings (SSSR count). The lowest BCUT2D eigenvalue weighted by Crippen LogP contribution is -2.08. The molecule has 2 aromatic heterocycles. The minimum atomic E-state index is -0.516. The monoisotopic (exact) mass is 500 g/mol. The Morgan fingerprint density at radius 2 is 1.81 bits per heavy atom. The standard InChI is InChI=1S/C28H28N4O3S/c1-7-35-28(34)27-18(3)24(16-30)26(36-27)14-25(33)21(15-29)13-20-12-17(2)32(19(20)4)23-10-8-22(9-11-23)31(5)6/h8-13H,7,14H2,1-6H3/b21-13-. The summed E-state index contributed by atoms with van der Waals surface area (Å²) in [5.74, 6) is -0.928. The van der Waals surface area contributed by atoms with E-state index < -0.39 is 11.8 Å². The van der Waals surface area contributed by atoms with Gasteiger partial charge in [0, 0.05) is 48.2 Å². The van der Waals surface area contributed by atoms with Crippen molar-refractivity contribution in [3.8, 4) is 17.8 Å². The fraction of sp³-hybridized carbons (Fsp3) is 0.286. The average Bonchev–Trinajstić information content (AvgIpc) is 3.31. The number of aryl methyl sites for hydroxylation is 1. The van der Waals surface area contributed by atoms with Crippen molar-refractivity contribution in [3.63, 3.8) is 0 Å². The van der Waals surface area contributed by atoms with Crippen LogP contribution in [-0.4, -0.2) is 37.0 Å². The van der Waals surface area contributed by atoms with Gasteiger partial charge in [-0.2, -0.15) is 10.5 Å². The summed E-state index contributed by atoms with van der Waals surface area (Å²) in [7, 11) is 3.97. The van der Waals surface area contributed by atoms with Crippen LogP contribution in [-0.2, 0) is 16.0 Å². The minimum absolute atomic E-state index is 0.00849. The zero-order chi connectivity index (χ0) is 26.6. The molecule has 7 nitrogen and oxygen atoms in total. The smallest absolute Gasteiger partial charge is 0.348 e. The van der Waals surface area contributed by atoms with Gasteiger partial charge in [0.25, 0.3) is 0 Å². The molecule has 36 heavy (non-hydrogen) atoms. The summed E-state index contributed by atoms with van der Waals surface area (Å²) in [5, 5.41) is 19.4. The summed E-state index contributed by atoms with van der Waals surface area (Å²) in [4.78, 5) is 28.1. The van der Waals surface area contributed by atoms with E-state index in [9.17, 15) is 20.1 Å². The summed E-state index contributed by atoms with van der Waals surface area (Å²) in [6, 6.07) is 14.2. The van der Waals surface area contributed by atoms with Crippen molar-refractivity contribution < 1.29 is 14.3 Å². The van der Waals surface area contributed by atoms with Gasteiger partial charge < -0.3 is 14.2 Å². The number of nitrogens with zero attached hydrogens (tertiary/aromatic N) is 4. The number of Topliss-reactive ketones (excluding diaryl/α,β-unsaturated/α-hetero) is 1. The molecule has 0 aliphatic rings. The van der Waals surface area contributed by atoms with E-state index in [1.54, 1.807) is 19.9 Å². The summed E-state index contributed by atoms with van der Waals surface area (Å²) >= 11 is 1.07. The van der Waals surface area contributed by atoms with Crippen LogP contribution in [0.5, 0.6) is 0 Å². The molecule has 0 amide bonds. The number of hydrogen-bond donors (Lipinski definition) is 0. The van der Waals surface area contributed by atoms with Gasteiger partial charge in [-0.25, -0.2) is 4.79 Å². The first-order valence-corrected chi connectivity index (χ1v) is 12.3. The lowest BCUT2D eigenvalue weighted by atomic mass is 10.0. The molecule has 0 unspecified atom stereocenters. The Kier molecular flexibility index (Phi) is 8.14. The Bertz CT molecular complexity index is 1430. The zero-order valence-electron chi connectivity index (χ0n) is 21.3. The van der Waals surface area contributed by atoms with Crippen molar-refractivity contribution in [2.75, 3.05) is 25.6 Å². The Morgan fingerprint density at radius 1 is 1.14 bits per heavy atom. The minimum Gasteiger partial charge on any atom is -0.462 e. The molecule has 0 fully saturated rings. The first-order chi connectivity index (χ1) is 17.1. The van der Waals surface area contributed by atoms with Crippen molar-refractivity contribution >= 4 is 34.9 Å². The second kappa shape index (κ2) is 11.1. The second-order valence-corrected chi connectivity index (χ2v) is 9.63. The number of nitriles is 2. The van der Waals surface area contributed by atoms with Crippen LogP contribution in [0.1, 0.15) is 49.6 Å². The summed E-state index contributed by atoms with van der Waals surface area (Å²) in [6.45, 7) is 7.50. The number of thiophene rings is 1.